The molecule has 0 amide bonds. The van der Waals surface area contributed by atoms with E-state index in [1.165, 1.54) is 0 Å². The Kier molecular flexibility index (Phi) is 41.8. The van der Waals surface area contributed by atoms with Gasteiger partial charge in [-0.2, -0.15) is 0 Å². The van der Waals surface area contributed by atoms with Crippen molar-refractivity contribution in [3.63, 3.8) is 0 Å². The molecule has 1 atom stereocenters. The summed E-state index contributed by atoms with van der Waals surface area (Å²) in [5.74, 6) is -1.09. The van der Waals surface area contributed by atoms with E-state index in [9.17, 15) is 14.4 Å². The molecule has 58 heavy (non-hydrogen) atoms. The van der Waals surface area contributed by atoms with E-state index in [1.54, 1.807) is 0 Å². The quantitative estimate of drug-likeness (QED) is 0.0205. The Labute approximate surface area is 354 Å². The van der Waals surface area contributed by atoms with Crippen molar-refractivity contribution >= 4 is 17.9 Å². The molecule has 322 valence electrons. The Morgan fingerprint density at radius 2 is 0.741 bits per heavy atom. The largest absolute Gasteiger partial charge is 0.462 e. The third-order valence-corrected chi connectivity index (χ3v) is 8.49. The number of ether oxygens (including phenoxy) is 3. The topological polar surface area (TPSA) is 78.9 Å². The Balaban J connectivity index is 4.58. The summed E-state index contributed by atoms with van der Waals surface area (Å²) in [7, 11) is 0. The van der Waals surface area contributed by atoms with Gasteiger partial charge in [-0.1, -0.05) is 174 Å². The van der Waals surface area contributed by atoms with E-state index < -0.39 is 6.10 Å². The molecule has 0 aliphatic rings. The van der Waals surface area contributed by atoms with Crippen LogP contribution in [0, 0.1) is 0 Å². The lowest BCUT2D eigenvalue weighted by atomic mass is 10.1. The first-order chi connectivity index (χ1) is 28.5. The zero-order valence-electron chi connectivity index (χ0n) is 36.5. The molecule has 0 aromatic carbocycles. The summed E-state index contributed by atoms with van der Waals surface area (Å²) in [5, 5.41) is 0. The van der Waals surface area contributed by atoms with E-state index in [2.05, 4.69) is 112 Å². The molecule has 0 aliphatic carbocycles. The summed E-state index contributed by atoms with van der Waals surface area (Å²) in [6.45, 7) is 6.10. The predicted molar refractivity (Wildman–Crippen MR) is 246 cm³/mol. The highest BCUT2D eigenvalue weighted by molar-refractivity contribution is 5.71. The molecule has 0 aliphatic heterocycles. The molecule has 0 fully saturated rings. The predicted octanol–water partition coefficient (Wildman–Crippen LogP) is 14.4. The monoisotopic (exact) mass is 799 g/mol. The molecule has 6 nitrogen and oxygen atoms in total. The number of rotatable bonds is 37. The highest BCUT2D eigenvalue weighted by atomic mass is 16.6. The van der Waals surface area contributed by atoms with Gasteiger partial charge in [0, 0.05) is 19.3 Å². The van der Waals surface area contributed by atoms with Crippen molar-refractivity contribution in [1.82, 2.24) is 0 Å². The van der Waals surface area contributed by atoms with Crippen LogP contribution in [-0.2, 0) is 28.6 Å². The van der Waals surface area contributed by atoms with Crippen LogP contribution >= 0.6 is 0 Å². The SMILES string of the molecule is CC\C=C/C=C\C=C/C=C\CCCCCCCC(=O)OC(COC(=O)CC/C=C\C/C=C\C/C=C\C/C=C\C/C=C\CC)COC(=O)CCCC/C=C\C/C=C\CC. The van der Waals surface area contributed by atoms with Gasteiger partial charge in [0.05, 0.1) is 0 Å². The standard InChI is InChI=1S/C52H78O6/c1-4-7-10-13-16-19-21-23-25-27-28-30-33-36-39-42-45-51(54)57-48-49(47-56-50(53)44-41-38-35-32-18-15-12-9-6-3)58-52(55)46-43-40-37-34-31-29-26-24-22-20-17-14-11-8-5-2/h7-12,14,16-20,22-26,28,30,32,36,39,49H,4-6,13,15,21,27,29,31,33-35,37-38,40-48H2,1-3H3/b10-7-,11-8-,12-9-,17-14-,19-16-,22-20-,25-23-,26-24-,30-28-,32-18-,39-36-. The molecule has 0 saturated heterocycles. The minimum atomic E-state index is -0.836. The number of carbonyl (C=O) groups is 3. The highest BCUT2D eigenvalue weighted by Gasteiger charge is 2.19. The lowest BCUT2D eigenvalue weighted by Gasteiger charge is -2.18. The second-order valence-electron chi connectivity index (χ2n) is 13.9. The van der Waals surface area contributed by atoms with Crippen molar-refractivity contribution in [2.75, 3.05) is 13.2 Å². The Hall–Kier alpha value is -4.45. The van der Waals surface area contributed by atoms with E-state index in [1.807, 2.05) is 42.5 Å². The van der Waals surface area contributed by atoms with Crippen molar-refractivity contribution in [2.24, 2.45) is 0 Å². The van der Waals surface area contributed by atoms with Gasteiger partial charge in [-0.25, -0.2) is 0 Å². The van der Waals surface area contributed by atoms with Gasteiger partial charge < -0.3 is 14.2 Å². The molecule has 0 spiro atoms. The molecule has 0 rings (SSSR count). The number of allylic oxidation sites excluding steroid dienone is 22. The van der Waals surface area contributed by atoms with Crippen molar-refractivity contribution in [3.05, 3.63) is 134 Å². The van der Waals surface area contributed by atoms with Gasteiger partial charge in [0.25, 0.3) is 0 Å². The minimum Gasteiger partial charge on any atom is -0.462 e. The minimum absolute atomic E-state index is 0.134. The summed E-state index contributed by atoms with van der Waals surface area (Å²) < 4.78 is 16.6. The molecule has 6 heteroatoms. The van der Waals surface area contributed by atoms with Crippen LogP contribution in [0.15, 0.2) is 134 Å². The summed E-state index contributed by atoms with van der Waals surface area (Å²) >= 11 is 0. The molecule has 0 heterocycles. The summed E-state index contributed by atoms with van der Waals surface area (Å²) in [5.41, 5.74) is 0. The first kappa shape index (κ1) is 53.6. The van der Waals surface area contributed by atoms with Crippen LogP contribution in [0.1, 0.15) is 156 Å². The maximum Gasteiger partial charge on any atom is 0.306 e. The van der Waals surface area contributed by atoms with Crippen LogP contribution in [-0.4, -0.2) is 37.2 Å². The first-order valence-electron chi connectivity index (χ1n) is 22.2. The van der Waals surface area contributed by atoms with Crippen molar-refractivity contribution in [1.29, 1.82) is 0 Å². The van der Waals surface area contributed by atoms with E-state index in [0.717, 1.165) is 103 Å². The Bertz CT molecular complexity index is 1330. The van der Waals surface area contributed by atoms with Crippen LogP contribution in [0.2, 0.25) is 0 Å². The lowest BCUT2D eigenvalue weighted by Crippen LogP contribution is -2.30. The number of carbonyl (C=O) groups excluding carboxylic acids is 3. The zero-order valence-corrected chi connectivity index (χ0v) is 36.5. The number of hydrogen-bond acceptors (Lipinski definition) is 6. The number of esters is 3. The van der Waals surface area contributed by atoms with Crippen molar-refractivity contribution < 1.29 is 28.6 Å². The average Bonchev–Trinajstić information content (AvgIpc) is 3.22. The molecule has 0 bridgehead atoms. The van der Waals surface area contributed by atoms with E-state index >= 15 is 0 Å². The van der Waals surface area contributed by atoms with Gasteiger partial charge in [-0.05, 0) is 96.3 Å². The molecule has 0 N–H and O–H groups in total. The second-order valence-corrected chi connectivity index (χ2v) is 13.9. The maximum atomic E-state index is 12.7. The van der Waals surface area contributed by atoms with Crippen LogP contribution in [0.4, 0.5) is 0 Å². The summed E-state index contributed by atoms with van der Waals surface area (Å²) in [6, 6.07) is 0. The number of hydrogen-bond donors (Lipinski definition) is 0. The van der Waals surface area contributed by atoms with Gasteiger partial charge in [0.1, 0.15) is 13.2 Å². The lowest BCUT2D eigenvalue weighted by molar-refractivity contribution is -0.166. The fraction of sp³-hybridized carbons (Fsp3) is 0.519. The van der Waals surface area contributed by atoms with Crippen molar-refractivity contribution in [3.8, 4) is 0 Å². The van der Waals surface area contributed by atoms with Crippen molar-refractivity contribution in [2.45, 2.75) is 162 Å². The maximum absolute atomic E-state index is 12.7. The van der Waals surface area contributed by atoms with Crippen LogP contribution < -0.4 is 0 Å². The van der Waals surface area contributed by atoms with Gasteiger partial charge >= 0.3 is 17.9 Å². The molecule has 0 aromatic rings. The summed E-state index contributed by atoms with van der Waals surface area (Å²) in [4.78, 5) is 37.7. The van der Waals surface area contributed by atoms with Gasteiger partial charge in [0.15, 0.2) is 6.10 Å². The molecule has 0 saturated carbocycles. The molecule has 0 radical (unpaired) electrons. The first-order valence-corrected chi connectivity index (χ1v) is 22.2. The molecular weight excluding hydrogens is 721 g/mol. The van der Waals surface area contributed by atoms with Crippen LogP contribution in [0.3, 0.4) is 0 Å². The van der Waals surface area contributed by atoms with Gasteiger partial charge in [-0.3, -0.25) is 14.4 Å². The Morgan fingerprint density at radius 3 is 1.31 bits per heavy atom. The van der Waals surface area contributed by atoms with E-state index in [4.69, 9.17) is 14.2 Å². The van der Waals surface area contributed by atoms with Crippen LogP contribution in [0.25, 0.3) is 0 Å². The second kappa shape index (κ2) is 45.3. The van der Waals surface area contributed by atoms with E-state index in [0.29, 0.717) is 12.8 Å². The smallest absolute Gasteiger partial charge is 0.306 e. The third-order valence-electron chi connectivity index (χ3n) is 8.49. The Morgan fingerprint density at radius 1 is 0.362 bits per heavy atom. The zero-order chi connectivity index (χ0) is 42.3. The third kappa shape index (κ3) is 42.7. The van der Waals surface area contributed by atoms with Crippen LogP contribution in [0.5, 0.6) is 0 Å². The molecular formula is C52H78O6. The van der Waals surface area contributed by atoms with Gasteiger partial charge in [0.2, 0.25) is 0 Å². The van der Waals surface area contributed by atoms with Gasteiger partial charge in [-0.15, -0.1) is 0 Å². The molecule has 1 unspecified atom stereocenters. The molecule has 0 aromatic heterocycles. The fourth-order valence-electron chi connectivity index (χ4n) is 5.24. The highest BCUT2D eigenvalue weighted by Crippen LogP contribution is 2.11. The summed E-state index contributed by atoms with van der Waals surface area (Å²) in [6.07, 6.45) is 63.1. The number of unbranched alkanes of at least 4 members (excludes halogenated alkanes) is 7. The average molecular weight is 799 g/mol. The van der Waals surface area contributed by atoms with E-state index in [-0.39, 0.29) is 50.4 Å². The fourth-order valence-corrected chi connectivity index (χ4v) is 5.24. The normalized spacial score (nSPS) is 13.4.